The summed E-state index contributed by atoms with van der Waals surface area (Å²) >= 11 is 1.16. The Morgan fingerprint density at radius 1 is 1.18 bits per heavy atom. The Hall–Kier alpha value is -3.14. The fourth-order valence-corrected chi connectivity index (χ4v) is 6.89. The van der Waals surface area contributed by atoms with Crippen molar-refractivity contribution in [3.63, 3.8) is 0 Å². The van der Waals surface area contributed by atoms with Gasteiger partial charge in [-0.2, -0.15) is 0 Å². The maximum atomic E-state index is 16.0. The van der Waals surface area contributed by atoms with Gasteiger partial charge in [0.05, 0.1) is 6.61 Å². The molecule has 1 aliphatic rings. The lowest BCUT2D eigenvalue weighted by Crippen LogP contribution is -2.40. The van der Waals surface area contributed by atoms with Crippen LogP contribution >= 0.6 is 18.9 Å². The van der Waals surface area contributed by atoms with Crippen LogP contribution in [0, 0.1) is 5.92 Å². The SMILES string of the molecule is C=CCOC(=O)c1cc2cc([C@H](F)P(=O)(N[C@@H](C)C(=O)OCC3CC(F)(F)C3)Oc3ccccc3)ccc2s1. The summed E-state index contributed by atoms with van der Waals surface area (Å²) in [5.41, 5.74) is -0.00431. The highest BCUT2D eigenvalue weighted by Gasteiger charge is 2.46. The molecule has 1 heterocycles. The van der Waals surface area contributed by atoms with Crippen LogP contribution in [0.15, 0.2) is 67.3 Å². The van der Waals surface area contributed by atoms with Crippen LogP contribution in [-0.4, -0.2) is 37.1 Å². The second-order valence-electron chi connectivity index (χ2n) is 9.24. The van der Waals surface area contributed by atoms with Crippen molar-refractivity contribution in [3.05, 3.63) is 77.7 Å². The molecule has 2 aromatic carbocycles. The number of halogens is 3. The first-order chi connectivity index (χ1) is 18.5. The zero-order valence-electron chi connectivity index (χ0n) is 21.0. The quantitative estimate of drug-likeness (QED) is 0.139. The lowest BCUT2D eigenvalue weighted by molar-refractivity contribution is -0.158. The highest BCUT2D eigenvalue weighted by Crippen LogP contribution is 2.58. The summed E-state index contributed by atoms with van der Waals surface area (Å²) < 4.78 is 72.6. The largest absolute Gasteiger partial charge is 0.464 e. The Morgan fingerprint density at radius 2 is 1.90 bits per heavy atom. The van der Waals surface area contributed by atoms with Crippen molar-refractivity contribution in [3.8, 4) is 5.75 Å². The third-order valence-corrected chi connectivity index (χ3v) is 9.21. The van der Waals surface area contributed by atoms with Crippen molar-refractivity contribution in [2.45, 2.75) is 37.6 Å². The molecule has 1 fully saturated rings. The molecule has 1 aromatic heterocycles. The van der Waals surface area contributed by atoms with E-state index in [0.717, 1.165) is 11.3 Å². The van der Waals surface area contributed by atoms with E-state index >= 15 is 4.39 Å². The van der Waals surface area contributed by atoms with E-state index in [1.807, 2.05) is 0 Å². The van der Waals surface area contributed by atoms with E-state index in [0.29, 0.717) is 15.0 Å². The van der Waals surface area contributed by atoms with Crippen molar-refractivity contribution in [1.29, 1.82) is 0 Å². The number of rotatable bonds is 12. The molecule has 1 unspecified atom stereocenters. The van der Waals surface area contributed by atoms with Crippen LogP contribution in [0.3, 0.4) is 0 Å². The minimum atomic E-state index is -4.47. The molecule has 1 aliphatic carbocycles. The summed E-state index contributed by atoms with van der Waals surface area (Å²) in [6.45, 7) is 4.66. The van der Waals surface area contributed by atoms with Crippen molar-refractivity contribution in [1.82, 2.24) is 5.09 Å². The number of para-hydroxylation sites is 1. The van der Waals surface area contributed by atoms with Gasteiger partial charge in [-0.3, -0.25) is 9.36 Å². The van der Waals surface area contributed by atoms with Gasteiger partial charge in [-0.15, -0.1) is 11.3 Å². The zero-order chi connectivity index (χ0) is 28.2. The van der Waals surface area contributed by atoms with Crippen LogP contribution < -0.4 is 9.61 Å². The topological polar surface area (TPSA) is 90.9 Å². The van der Waals surface area contributed by atoms with Gasteiger partial charge in [-0.1, -0.05) is 36.9 Å². The highest BCUT2D eigenvalue weighted by molar-refractivity contribution is 7.57. The fourth-order valence-electron chi connectivity index (χ4n) is 4.04. The van der Waals surface area contributed by atoms with E-state index in [9.17, 15) is 22.9 Å². The molecule has 0 saturated heterocycles. The summed E-state index contributed by atoms with van der Waals surface area (Å²) in [5, 5.41) is 2.99. The van der Waals surface area contributed by atoms with E-state index in [1.165, 1.54) is 37.3 Å². The number of carbonyl (C=O) groups excluding carboxylic acids is 2. The molecule has 0 spiro atoms. The molecule has 3 atom stereocenters. The van der Waals surface area contributed by atoms with Gasteiger partial charge in [0.25, 0.3) is 0 Å². The van der Waals surface area contributed by atoms with Gasteiger partial charge >= 0.3 is 19.5 Å². The normalized spacial score (nSPS) is 17.8. The summed E-state index contributed by atoms with van der Waals surface area (Å²) in [7, 11) is -4.47. The predicted molar refractivity (Wildman–Crippen MR) is 142 cm³/mol. The molecule has 7 nitrogen and oxygen atoms in total. The Balaban J connectivity index is 1.53. The minimum Gasteiger partial charge on any atom is -0.464 e. The highest BCUT2D eigenvalue weighted by atomic mass is 32.1. The van der Waals surface area contributed by atoms with Crippen molar-refractivity contribution < 1.29 is 41.3 Å². The van der Waals surface area contributed by atoms with Crippen LogP contribution in [0.4, 0.5) is 13.2 Å². The van der Waals surface area contributed by atoms with E-state index in [4.69, 9.17) is 14.0 Å². The van der Waals surface area contributed by atoms with Crippen molar-refractivity contribution >= 4 is 40.9 Å². The molecule has 0 amide bonds. The lowest BCUT2D eigenvalue weighted by atomic mass is 9.82. The average molecular weight is 582 g/mol. The van der Waals surface area contributed by atoms with Gasteiger partial charge in [0, 0.05) is 23.5 Å². The van der Waals surface area contributed by atoms with Gasteiger partial charge < -0.3 is 14.0 Å². The summed E-state index contributed by atoms with van der Waals surface area (Å²) in [6, 6.07) is 12.6. The summed E-state index contributed by atoms with van der Waals surface area (Å²) in [6.07, 6.45) is 0.697. The molecule has 4 rings (SSSR count). The van der Waals surface area contributed by atoms with E-state index in [1.54, 1.807) is 30.3 Å². The van der Waals surface area contributed by atoms with Gasteiger partial charge in [0.2, 0.25) is 11.8 Å². The molecule has 208 valence electrons. The molecular weight excluding hydrogens is 554 g/mol. The molecule has 0 radical (unpaired) electrons. The number of ether oxygens (including phenoxy) is 2. The molecule has 3 aromatic rings. The second-order valence-corrected chi connectivity index (χ2v) is 12.4. The van der Waals surface area contributed by atoms with Gasteiger partial charge in [0.1, 0.15) is 23.3 Å². The van der Waals surface area contributed by atoms with Gasteiger partial charge in [-0.25, -0.2) is 23.1 Å². The van der Waals surface area contributed by atoms with E-state index in [2.05, 4.69) is 11.7 Å². The maximum absolute atomic E-state index is 16.0. The first-order valence-corrected chi connectivity index (χ1v) is 14.6. The first kappa shape index (κ1) is 28.9. The molecule has 12 heteroatoms. The number of nitrogens with one attached hydrogen (secondary N) is 1. The number of esters is 2. The number of hydrogen-bond donors (Lipinski definition) is 1. The van der Waals surface area contributed by atoms with Gasteiger partial charge in [0.15, 0.2) is 0 Å². The Bertz CT molecular complexity index is 1390. The molecule has 39 heavy (non-hydrogen) atoms. The van der Waals surface area contributed by atoms with E-state index < -0.39 is 43.3 Å². The zero-order valence-corrected chi connectivity index (χ0v) is 22.7. The Labute approximate surface area is 227 Å². The van der Waals surface area contributed by atoms with Crippen LogP contribution in [0.1, 0.15) is 40.9 Å². The third-order valence-electron chi connectivity index (χ3n) is 5.99. The summed E-state index contributed by atoms with van der Waals surface area (Å²) in [4.78, 5) is 25.0. The fraction of sp³-hybridized carbons (Fsp3) is 0.333. The summed E-state index contributed by atoms with van der Waals surface area (Å²) in [5.74, 6) is -6.74. The van der Waals surface area contributed by atoms with Crippen LogP contribution in [-0.2, 0) is 18.8 Å². The molecular formula is C27H27F3NO6PS. The number of carbonyl (C=O) groups is 2. The molecule has 1 N–H and O–H groups in total. The second kappa shape index (κ2) is 11.9. The van der Waals surface area contributed by atoms with E-state index in [-0.39, 0.29) is 37.4 Å². The minimum absolute atomic E-state index is 0.00431. The first-order valence-electron chi connectivity index (χ1n) is 12.1. The average Bonchev–Trinajstić information content (AvgIpc) is 3.32. The van der Waals surface area contributed by atoms with Crippen molar-refractivity contribution in [2.24, 2.45) is 5.92 Å². The van der Waals surface area contributed by atoms with Crippen molar-refractivity contribution in [2.75, 3.05) is 13.2 Å². The number of benzene rings is 2. The third kappa shape index (κ3) is 7.09. The molecule has 0 bridgehead atoms. The monoisotopic (exact) mass is 581 g/mol. The smallest absolute Gasteiger partial charge is 0.355 e. The maximum Gasteiger partial charge on any atom is 0.355 e. The standard InChI is InChI=1S/C27H27F3NO6PS/c1-3-11-35-26(33)23-13-20-12-19(9-10-22(20)39-23)24(28)38(34,37-21-7-5-4-6-8-21)31-17(2)25(32)36-16-18-14-27(29,30)15-18/h3-10,12-13,17-18,24H,1,11,14-16H2,2H3,(H,31,34)/t17-,24+,38?/m0/s1. The van der Waals surface area contributed by atoms with Crippen LogP contribution in [0.5, 0.6) is 5.75 Å². The Kier molecular flexibility index (Phi) is 8.83. The van der Waals surface area contributed by atoms with Crippen LogP contribution in [0.25, 0.3) is 10.1 Å². The molecule has 0 aliphatic heterocycles. The number of hydrogen-bond acceptors (Lipinski definition) is 7. The lowest BCUT2D eigenvalue weighted by Gasteiger charge is -2.34. The molecule has 1 saturated carbocycles. The Morgan fingerprint density at radius 3 is 2.56 bits per heavy atom. The van der Waals surface area contributed by atoms with Crippen LogP contribution in [0.2, 0.25) is 0 Å². The number of fused-ring (bicyclic) bond motifs is 1. The number of alkyl halides is 3. The van der Waals surface area contributed by atoms with Gasteiger partial charge in [-0.05, 0) is 48.2 Å². The number of thiophene rings is 1. The predicted octanol–water partition coefficient (Wildman–Crippen LogP) is 7.05.